The molecule has 3 rings (SSSR count). The van der Waals surface area contributed by atoms with Crippen LogP contribution < -0.4 is 0 Å². The zero-order chi connectivity index (χ0) is 22.8. The van der Waals surface area contributed by atoms with E-state index in [4.69, 9.17) is 4.74 Å². The second kappa shape index (κ2) is 12.9. The second-order valence-corrected chi connectivity index (χ2v) is 9.53. The van der Waals surface area contributed by atoms with Gasteiger partial charge in [0.15, 0.2) is 5.78 Å². The first kappa shape index (κ1) is 24.6. The molecule has 1 heterocycles. The van der Waals surface area contributed by atoms with Gasteiger partial charge in [-0.3, -0.25) is 9.78 Å². The number of ketones is 1. The highest BCUT2D eigenvalue weighted by atomic mass is 16.5. The standard InChI is InChI=1S/C29H41NO2/c1-4-6-7-8-23-9-11-24(12-10-23)25-13-15-26(16-14-25)28-18-17-27(21-30-28)29(31)19-20-32-22(3)5-2/h13-18,21-24H,4-12,19-20H2,1-3H3. The van der Waals surface area contributed by atoms with E-state index in [1.807, 2.05) is 19.1 Å². The number of benzene rings is 1. The summed E-state index contributed by atoms with van der Waals surface area (Å²) < 4.78 is 5.62. The van der Waals surface area contributed by atoms with Crippen molar-refractivity contribution in [2.45, 2.75) is 97.0 Å². The molecule has 1 atom stereocenters. The highest BCUT2D eigenvalue weighted by molar-refractivity contribution is 5.96. The molecule has 0 amide bonds. The Morgan fingerprint density at radius 3 is 2.41 bits per heavy atom. The first-order valence-corrected chi connectivity index (χ1v) is 12.8. The molecule has 1 aliphatic carbocycles. The summed E-state index contributed by atoms with van der Waals surface area (Å²) in [5.41, 5.74) is 4.16. The van der Waals surface area contributed by atoms with Gasteiger partial charge in [0.25, 0.3) is 0 Å². The Morgan fingerprint density at radius 1 is 1.03 bits per heavy atom. The number of Topliss-reactive ketones (excluding diaryl/α,β-unsaturated/α-hetero) is 1. The number of hydrogen-bond donors (Lipinski definition) is 0. The molecular formula is C29H41NO2. The summed E-state index contributed by atoms with van der Waals surface area (Å²) in [6.45, 7) is 6.88. The Hall–Kier alpha value is -2.00. The van der Waals surface area contributed by atoms with Crippen molar-refractivity contribution in [2.75, 3.05) is 6.61 Å². The van der Waals surface area contributed by atoms with Crippen LogP contribution in [-0.4, -0.2) is 23.5 Å². The number of nitrogens with zero attached hydrogens (tertiary/aromatic N) is 1. The molecule has 0 radical (unpaired) electrons. The van der Waals surface area contributed by atoms with Crippen molar-refractivity contribution in [2.24, 2.45) is 5.92 Å². The van der Waals surface area contributed by atoms with E-state index in [2.05, 4.69) is 43.1 Å². The predicted molar refractivity (Wildman–Crippen MR) is 133 cm³/mol. The lowest BCUT2D eigenvalue weighted by atomic mass is 9.77. The lowest BCUT2D eigenvalue weighted by molar-refractivity contribution is 0.0572. The lowest BCUT2D eigenvalue weighted by Gasteiger charge is -2.29. The molecule has 0 aliphatic heterocycles. The van der Waals surface area contributed by atoms with E-state index in [-0.39, 0.29) is 11.9 Å². The largest absolute Gasteiger partial charge is 0.378 e. The van der Waals surface area contributed by atoms with Gasteiger partial charge in [-0.15, -0.1) is 0 Å². The molecule has 1 aliphatic rings. The minimum Gasteiger partial charge on any atom is -0.378 e. The Bertz CT molecular complexity index is 804. The van der Waals surface area contributed by atoms with Crippen LogP contribution in [-0.2, 0) is 4.74 Å². The quantitative estimate of drug-likeness (QED) is 0.250. The summed E-state index contributed by atoms with van der Waals surface area (Å²) in [6.07, 6.45) is 14.2. The van der Waals surface area contributed by atoms with Gasteiger partial charge in [0, 0.05) is 23.7 Å². The van der Waals surface area contributed by atoms with Crippen LogP contribution in [0.2, 0.25) is 0 Å². The number of rotatable bonds is 12. The van der Waals surface area contributed by atoms with Crippen molar-refractivity contribution >= 4 is 5.78 Å². The Kier molecular flexibility index (Phi) is 9.92. The smallest absolute Gasteiger partial charge is 0.166 e. The van der Waals surface area contributed by atoms with E-state index in [0.717, 1.165) is 23.6 Å². The molecule has 1 unspecified atom stereocenters. The van der Waals surface area contributed by atoms with Crippen LogP contribution >= 0.6 is 0 Å². The predicted octanol–water partition coefficient (Wildman–Crippen LogP) is 7.99. The number of ether oxygens (including phenoxy) is 1. The number of carbonyl (C=O) groups excluding carboxylic acids is 1. The summed E-state index contributed by atoms with van der Waals surface area (Å²) in [4.78, 5) is 16.9. The Balaban J connectivity index is 1.50. The fraction of sp³-hybridized carbons (Fsp3) is 0.586. The van der Waals surface area contributed by atoms with Crippen molar-refractivity contribution < 1.29 is 9.53 Å². The van der Waals surface area contributed by atoms with E-state index < -0.39 is 0 Å². The molecule has 0 bridgehead atoms. The number of aromatic nitrogens is 1. The molecule has 1 aromatic heterocycles. The number of pyridine rings is 1. The van der Waals surface area contributed by atoms with Gasteiger partial charge in [0.05, 0.1) is 18.4 Å². The zero-order valence-electron chi connectivity index (χ0n) is 20.3. The van der Waals surface area contributed by atoms with Gasteiger partial charge in [-0.05, 0) is 68.6 Å². The molecule has 0 spiro atoms. The lowest BCUT2D eigenvalue weighted by Crippen LogP contribution is -2.13. The zero-order valence-corrected chi connectivity index (χ0v) is 20.3. The van der Waals surface area contributed by atoms with Gasteiger partial charge >= 0.3 is 0 Å². The summed E-state index contributed by atoms with van der Waals surface area (Å²) in [5, 5.41) is 0. The van der Waals surface area contributed by atoms with E-state index in [1.165, 1.54) is 56.9 Å². The normalized spacial score (nSPS) is 19.6. The van der Waals surface area contributed by atoms with E-state index in [1.54, 1.807) is 6.20 Å². The monoisotopic (exact) mass is 435 g/mol. The molecule has 3 heteroatoms. The fourth-order valence-corrected chi connectivity index (χ4v) is 4.74. The minimum absolute atomic E-state index is 0.0907. The molecule has 0 saturated heterocycles. The van der Waals surface area contributed by atoms with Gasteiger partial charge in [0.1, 0.15) is 0 Å². The SMILES string of the molecule is CCCCCC1CCC(c2ccc(-c3ccc(C(=O)CCOC(C)CC)cn3)cc2)CC1. The number of unbranched alkanes of at least 4 members (excludes halogenated alkanes) is 2. The Morgan fingerprint density at radius 2 is 1.78 bits per heavy atom. The van der Waals surface area contributed by atoms with Gasteiger partial charge in [-0.2, -0.15) is 0 Å². The topological polar surface area (TPSA) is 39.2 Å². The second-order valence-electron chi connectivity index (χ2n) is 9.53. The molecule has 174 valence electrons. The van der Waals surface area contributed by atoms with Gasteiger partial charge < -0.3 is 4.74 Å². The van der Waals surface area contributed by atoms with Gasteiger partial charge in [0.2, 0.25) is 0 Å². The summed E-state index contributed by atoms with van der Waals surface area (Å²) in [6, 6.07) is 12.8. The van der Waals surface area contributed by atoms with E-state index in [9.17, 15) is 4.79 Å². The van der Waals surface area contributed by atoms with E-state index >= 15 is 0 Å². The third-order valence-electron chi connectivity index (χ3n) is 7.13. The van der Waals surface area contributed by atoms with Crippen molar-refractivity contribution in [1.29, 1.82) is 0 Å². The summed E-state index contributed by atoms with van der Waals surface area (Å²) >= 11 is 0. The molecule has 32 heavy (non-hydrogen) atoms. The first-order valence-electron chi connectivity index (χ1n) is 12.8. The maximum absolute atomic E-state index is 12.4. The molecule has 3 nitrogen and oxygen atoms in total. The van der Waals surface area contributed by atoms with Crippen molar-refractivity contribution in [3.05, 3.63) is 53.7 Å². The van der Waals surface area contributed by atoms with Crippen LogP contribution in [0.5, 0.6) is 0 Å². The average molecular weight is 436 g/mol. The van der Waals surface area contributed by atoms with Crippen LogP contribution in [0.25, 0.3) is 11.3 Å². The number of carbonyl (C=O) groups is 1. The van der Waals surface area contributed by atoms with Crippen LogP contribution in [0, 0.1) is 5.92 Å². The molecule has 1 saturated carbocycles. The minimum atomic E-state index is 0.0907. The van der Waals surface area contributed by atoms with Crippen molar-refractivity contribution in [3.63, 3.8) is 0 Å². The molecule has 1 fully saturated rings. The summed E-state index contributed by atoms with van der Waals surface area (Å²) in [5.74, 6) is 1.74. The van der Waals surface area contributed by atoms with Crippen molar-refractivity contribution in [1.82, 2.24) is 4.98 Å². The van der Waals surface area contributed by atoms with Crippen LogP contribution in [0.1, 0.15) is 107 Å². The van der Waals surface area contributed by atoms with Gasteiger partial charge in [-0.25, -0.2) is 0 Å². The maximum atomic E-state index is 12.4. The fourth-order valence-electron chi connectivity index (χ4n) is 4.74. The molecule has 0 N–H and O–H groups in total. The Labute approximate surface area is 195 Å². The van der Waals surface area contributed by atoms with Crippen LogP contribution in [0.15, 0.2) is 42.6 Å². The molecule has 2 aromatic rings. The first-order chi connectivity index (χ1) is 15.6. The molecule has 1 aromatic carbocycles. The third-order valence-corrected chi connectivity index (χ3v) is 7.13. The highest BCUT2D eigenvalue weighted by Gasteiger charge is 2.22. The maximum Gasteiger partial charge on any atom is 0.166 e. The van der Waals surface area contributed by atoms with E-state index in [0.29, 0.717) is 24.5 Å². The molecular weight excluding hydrogens is 394 g/mol. The van der Waals surface area contributed by atoms with Gasteiger partial charge in [-0.1, -0.05) is 63.8 Å². The number of hydrogen-bond acceptors (Lipinski definition) is 3. The van der Waals surface area contributed by atoms with Crippen LogP contribution in [0.4, 0.5) is 0 Å². The highest BCUT2D eigenvalue weighted by Crippen LogP contribution is 2.38. The summed E-state index contributed by atoms with van der Waals surface area (Å²) in [7, 11) is 0. The van der Waals surface area contributed by atoms with Crippen LogP contribution in [0.3, 0.4) is 0 Å². The third kappa shape index (κ3) is 7.27. The van der Waals surface area contributed by atoms with Crippen molar-refractivity contribution in [3.8, 4) is 11.3 Å². The average Bonchev–Trinajstić information content (AvgIpc) is 2.84.